The highest BCUT2D eigenvalue weighted by atomic mass is 35.5. The Morgan fingerprint density at radius 3 is 2.38 bits per heavy atom. The smallest absolute Gasteiger partial charge is 0.324 e. The Morgan fingerprint density at radius 1 is 1.00 bits per heavy atom. The lowest BCUT2D eigenvalue weighted by atomic mass is 10.0. The first-order valence-corrected chi connectivity index (χ1v) is 9.03. The predicted octanol–water partition coefficient (Wildman–Crippen LogP) is 4.71. The number of nitrogens with zero attached hydrogens (tertiary/aromatic N) is 1. The second kappa shape index (κ2) is 9.78. The molecule has 0 aromatic heterocycles. The van der Waals surface area contributed by atoms with Crippen LogP contribution in [0.2, 0.25) is 10.0 Å². The van der Waals surface area contributed by atoms with Crippen LogP contribution in [0, 0.1) is 0 Å². The summed E-state index contributed by atoms with van der Waals surface area (Å²) in [7, 11) is 0. The van der Waals surface area contributed by atoms with Crippen LogP contribution >= 0.6 is 46.4 Å². The number of carbonyl (C=O) groups is 2. The van der Waals surface area contributed by atoms with E-state index >= 15 is 0 Å². The van der Waals surface area contributed by atoms with Crippen molar-refractivity contribution in [3.8, 4) is 0 Å². The van der Waals surface area contributed by atoms with E-state index in [4.69, 9.17) is 51.2 Å². The van der Waals surface area contributed by atoms with Gasteiger partial charge in [-0.25, -0.2) is 4.79 Å². The number of alkyl halides is 2. The average molecular weight is 434 g/mol. The Bertz CT molecular complexity index is 856. The summed E-state index contributed by atoms with van der Waals surface area (Å²) in [4.78, 5) is 28.0. The maximum absolute atomic E-state index is 11.7. The molecule has 0 unspecified atom stereocenters. The summed E-state index contributed by atoms with van der Waals surface area (Å²) in [5.74, 6) is -1.77. The molecule has 0 radical (unpaired) electrons. The Hall–Kier alpha value is -1.79. The largest absolute Gasteiger partial charge is 0.349 e. The third-order valence-corrected chi connectivity index (χ3v) is 4.13. The van der Waals surface area contributed by atoms with Gasteiger partial charge in [0, 0.05) is 16.1 Å². The van der Waals surface area contributed by atoms with Gasteiger partial charge in [-0.1, -0.05) is 46.6 Å². The number of nitrogens with one attached hydrogen (secondary N) is 1. The van der Waals surface area contributed by atoms with E-state index in [1.807, 2.05) is 0 Å². The number of halogens is 4. The van der Waals surface area contributed by atoms with Gasteiger partial charge in [0.05, 0.1) is 10.7 Å². The molecule has 26 heavy (non-hydrogen) atoms. The molecule has 2 aromatic carbocycles. The monoisotopic (exact) mass is 432 g/mol. The highest BCUT2D eigenvalue weighted by Gasteiger charge is 2.18. The van der Waals surface area contributed by atoms with Gasteiger partial charge in [-0.15, -0.1) is 23.2 Å². The number of hydrogen-bond acceptors (Lipinski definition) is 4. The first-order chi connectivity index (χ1) is 12.5. The number of anilines is 1. The van der Waals surface area contributed by atoms with Gasteiger partial charge in [-0.3, -0.25) is 4.79 Å². The van der Waals surface area contributed by atoms with Crippen molar-refractivity contribution in [3.05, 3.63) is 63.6 Å². The lowest BCUT2D eigenvalue weighted by Crippen LogP contribution is -2.17. The Labute approximate surface area is 169 Å². The number of rotatable bonds is 6. The van der Waals surface area contributed by atoms with E-state index in [1.165, 1.54) is 0 Å². The number of carbonyl (C=O) groups excluding carboxylic acids is 2. The summed E-state index contributed by atoms with van der Waals surface area (Å²) >= 11 is 23.3. The van der Waals surface area contributed by atoms with Crippen LogP contribution in [0.1, 0.15) is 11.1 Å². The van der Waals surface area contributed by atoms with Crippen molar-refractivity contribution in [2.75, 3.05) is 17.1 Å². The van der Waals surface area contributed by atoms with Crippen molar-refractivity contribution in [1.82, 2.24) is 0 Å². The SMILES string of the molecule is O=C(CCl)Nc1ccc(Cl)cc1C(=NOC(=O)CCl)c1ccccc1Cl. The quantitative estimate of drug-likeness (QED) is 0.310. The summed E-state index contributed by atoms with van der Waals surface area (Å²) in [6.45, 7) is 0. The summed E-state index contributed by atoms with van der Waals surface area (Å²) in [5.41, 5.74) is 1.44. The minimum atomic E-state index is -0.746. The lowest BCUT2D eigenvalue weighted by molar-refractivity contribution is -0.140. The van der Waals surface area contributed by atoms with E-state index in [0.717, 1.165) is 0 Å². The lowest BCUT2D eigenvalue weighted by Gasteiger charge is -2.14. The van der Waals surface area contributed by atoms with Crippen LogP contribution in [0.4, 0.5) is 5.69 Å². The molecule has 1 N–H and O–H groups in total. The molecule has 0 spiro atoms. The highest BCUT2D eigenvalue weighted by molar-refractivity contribution is 6.37. The third kappa shape index (κ3) is 5.35. The van der Waals surface area contributed by atoms with Gasteiger partial charge >= 0.3 is 5.97 Å². The fraction of sp³-hybridized carbons (Fsp3) is 0.118. The van der Waals surface area contributed by atoms with Gasteiger partial charge in [-0.2, -0.15) is 0 Å². The molecule has 1 amide bonds. The number of amides is 1. The Morgan fingerprint density at radius 2 is 1.73 bits per heavy atom. The molecule has 2 aromatic rings. The van der Waals surface area contributed by atoms with E-state index in [-0.39, 0.29) is 17.5 Å². The summed E-state index contributed by atoms with van der Waals surface area (Å²) in [6.07, 6.45) is 0. The molecular formula is C17H12Cl4N2O3. The zero-order chi connectivity index (χ0) is 19.1. The van der Waals surface area contributed by atoms with Gasteiger partial charge in [-0.05, 0) is 24.3 Å². The number of oxime groups is 1. The summed E-state index contributed by atoms with van der Waals surface area (Å²) < 4.78 is 0. The van der Waals surface area contributed by atoms with E-state index in [0.29, 0.717) is 26.9 Å². The molecule has 0 atom stereocenters. The van der Waals surface area contributed by atoms with Gasteiger partial charge in [0.15, 0.2) is 0 Å². The van der Waals surface area contributed by atoms with Gasteiger partial charge in [0.25, 0.3) is 0 Å². The van der Waals surface area contributed by atoms with Gasteiger partial charge in [0.2, 0.25) is 5.91 Å². The van der Waals surface area contributed by atoms with Crippen LogP contribution in [0.15, 0.2) is 47.6 Å². The van der Waals surface area contributed by atoms with E-state index < -0.39 is 11.9 Å². The van der Waals surface area contributed by atoms with Crippen molar-refractivity contribution in [3.63, 3.8) is 0 Å². The second-order valence-corrected chi connectivity index (χ2v) is 6.27. The fourth-order valence-corrected chi connectivity index (χ4v) is 2.54. The second-order valence-electron chi connectivity index (χ2n) is 4.89. The summed E-state index contributed by atoms with van der Waals surface area (Å²) in [5, 5.41) is 7.27. The Kier molecular flexibility index (Phi) is 7.72. The molecule has 0 heterocycles. The maximum Gasteiger partial charge on any atom is 0.349 e. The van der Waals surface area contributed by atoms with Gasteiger partial charge in [0.1, 0.15) is 17.5 Å². The fourth-order valence-electron chi connectivity index (χ4n) is 2.02. The zero-order valence-electron chi connectivity index (χ0n) is 13.1. The topological polar surface area (TPSA) is 67.8 Å². The first kappa shape index (κ1) is 20.5. The minimum Gasteiger partial charge on any atom is -0.324 e. The number of hydrogen-bond donors (Lipinski definition) is 1. The predicted molar refractivity (Wildman–Crippen MR) is 105 cm³/mol. The van der Waals surface area contributed by atoms with Crippen LogP contribution in [0.5, 0.6) is 0 Å². The molecule has 0 aliphatic heterocycles. The normalized spacial score (nSPS) is 11.2. The highest BCUT2D eigenvalue weighted by Crippen LogP contribution is 2.27. The van der Waals surface area contributed by atoms with Gasteiger partial charge < -0.3 is 10.2 Å². The van der Waals surface area contributed by atoms with Crippen molar-refractivity contribution >= 4 is 69.7 Å². The number of benzene rings is 2. The van der Waals surface area contributed by atoms with Crippen LogP contribution in [-0.2, 0) is 14.4 Å². The minimum absolute atomic E-state index is 0.196. The molecule has 136 valence electrons. The van der Waals surface area contributed by atoms with Crippen molar-refractivity contribution in [1.29, 1.82) is 0 Å². The standard InChI is InChI=1S/C17H12Cl4N2O3/c18-8-15(24)22-14-6-5-10(20)7-12(14)17(23-26-16(25)9-19)11-3-1-2-4-13(11)21/h1-7H,8-9H2,(H,22,24). The molecule has 0 saturated heterocycles. The molecule has 5 nitrogen and oxygen atoms in total. The van der Waals surface area contributed by atoms with E-state index in [9.17, 15) is 9.59 Å². The Balaban J connectivity index is 2.62. The zero-order valence-corrected chi connectivity index (χ0v) is 16.2. The molecule has 0 saturated carbocycles. The molecule has 0 fully saturated rings. The van der Waals surface area contributed by atoms with Crippen molar-refractivity contribution in [2.24, 2.45) is 5.16 Å². The molecule has 0 aliphatic rings. The average Bonchev–Trinajstić information content (AvgIpc) is 2.64. The van der Waals surface area contributed by atoms with Crippen molar-refractivity contribution < 1.29 is 14.4 Å². The van der Waals surface area contributed by atoms with Crippen LogP contribution < -0.4 is 5.32 Å². The van der Waals surface area contributed by atoms with E-state index in [1.54, 1.807) is 42.5 Å². The van der Waals surface area contributed by atoms with Crippen molar-refractivity contribution in [2.45, 2.75) is 0 Å². The van der Waals surface area contributed by atoms with Crippen LogP contribution in [-0.4, -0.2) is 29.3 Å². The third-order valence-electron chi connectivity index (χ3n) is 3.11. The van der Waals surface area contributed by atoms with Crippen LogP contribution in [0.3, 0.4) is 0 Å². The van der Waals surface area contributed by atoms with Crippen LogP contribution in [0.25, 0.3) is 0 Å². The molecule has 9 heteroatoms. The molecular weight excluding hydrogens is 422 g/mol. The maximum atomic E-state index is 11.7. The molecule has 2 rings (SSSR count). The molecule has 0 bridgehead atoms. The molecule has 0 aliphatic carbocycles. The van der Waals surface area contributed by atoms with E-state index in [2.05, 4.69) is 10.5 Å². The summed E-state index contributed by atoms with van der Waals surface area (Å²) in [6, 6.07) is 11.5. The first-order valence-electron chi connectivity index (χ1n) is 7.20.